The summed E-state index contributed by atoms with van der Waals surface area (Å²) in [6.45, 7) is 9.99. The van der Waals surface area contributed by atoms with Gasteiger partial charge in [-0.3, -0.25) is 4.99 Å². The fraction of sp³-hybridized carbons (Fsp3) is 0.240. The number of rotatable bonds is 4. The second-order valence-corrected chi connectivity index (χ2v) is 7.40. The smallest absolute Gasteiger partial charge is 0.137 e. The Morgan fingerprint density at radius 1 is 0.966 bits per heavy atom. The summed E-state index contributed by atoms with van der Waals surface area (Å²) in [6.07, 6.45) is 0. The van der Waals surface area contributed by atoms with E-state index in [4.69, 9.17) is 10.2 Å². The van der Waals surface area contributed by atoms with Gasteiger partial charge in [-0.15, -0.1) is 0 Å². The molecular formula is C25H27N3O. The van der Waals surface area contributed by atoms with Gasteiger partial charge in [0, 0.05) is 53.1 Å². The topological polar surface area (TPSA) is 63.5 Å². The third-order valence-electron chi connectivity index (χ3n) is 5.28. The molecule has 0 spiro atoms. The first-order chi connectivity index (χ1) is 14.0. The highest BCUT2D eigenvalue weighted by atomic mass is 16.3. The highest BCUT2D eigenvalue weighted by Gasteiger charge is 2.19. The molecule has 0 aromatic heterocycles. The molecular weight excluding hydrogens is 358 g/mol. The zero-order valence-electron chi connectivity index (χ0n) is 17.5. The molecule has 4 heteroatoms. The Kier molecular flexibility index (Phi) is 5.01. The van der Waals surface area contributed by atoms with Gasteiger partial charge in [0.25, 0.3) is 0 Å². The molecule has 1 aliphatic heterocycles. The van der Waals surface area contributed by atoms with E-state index in [-0.39, 0.29) is 0 Å². The van der Waals surface area contributed by atoms with E-state index >= 15 is 0 Å². The van der Waals surface area contributed by atoms with Crippen LogP contribution in [-0.4, -0.2) is 13.1 Å². The molecule has 0 saturated heterocycles. The third-order valence-corrected chi connectivity index (χ3v) is 5.28. The molecule has 0 bridgehead atoms. The van der Waals surface area contributed by atoms with Crippen LogP contribution in [0.25, 0.3) is 33.4 Å². The minimum absolute atomic E-state index is 0.745. The van der Waals surface area contributed by atoms with Gasteiger partial charge in [-0.2, -0.15) is 0 Å². The van der Waals surface area contributed by atoms with Crippen LogP contribution in [0.4, 0.5) is 11.4 Å². The molecule has 0 unspecified atom stereocenters. The van der Waals surface area contributed by atoms with Crippen LogP contribution in [-0.2, 0) is 0 Å². The van der Waals surface area contributed by atoms with E-state index < -0.39 is 0 Å². The molecule has 1 heterocycles. The molecule has 29 heavy (non-hydrogen) atoms. The lowest BCUT2D eigenvalue weighted by molar-refractivity contribution is 0.618. The molecule has 2 aromatic carbocycles. The number of aryl methyl sites for hydroxylation is 2. The number of fused-ring (bicyclic) bond motifs is 2. The minimum atomic E-state index is 0.745. The van der Waals surface area contributed by atoms with Crippen LogP contribution in [0.1, 0.15) is 25.0 Å². The molecule has 0 fully saturated rings. The van der Waals surface area contributed by atoms with Crippen molar-refractivity contribution in [2.24, 2.45) is 4.99 Å². The van der Waals surface area contributed by atoms with Crippen molar-refractivity contribution in [1.29, 1.82) is 0 Å². The lowest BCUT2D eigenvalue weighted by Crippen LogP contribution is -2.09. The normalized spacial score (nSPS) is 12.1. The largest absolute Gasteiger partial charge is 0.456 e. The fourth-order valence-corrected chi connectivity index (χ4v) is 3.87. The number of hydrogen-bond acceptors (Lipinski definition) is 4. The van der Waals surface area contributed by atoms with E-state index in [1.807, 2.05) is 19.1 Å². The summed E-state index contributed by atoms with van der Waals surface area (Å²) in [4.78, 5) is 4.62. The summed E-state index contributed by atoms with van der Waals surface area (Å²) in [5.74, 6) is 0.841. The van der Waals surface area contributed by atoms with Crippen LogP contribution in [0.2, 0.25) is 0 Å². The zero-order valence-corrected chi connectivity index (χ0v) is 17.5. The van der Waals surface area contributed by atoms with Crippen molar-refractivity contribution < 1.29 is 4.42 Å². The molecule has 0 atom stereocenters. The number of benzene rings is 3. The van der Waals surface area contributed by atoms with Crippen LogP contribution in [0, 0.1) is 13.8 Å². The van der Waals surface area contributed by atoms with Gasteiger partial charge in [0.2, 0.25) is 0 Å². The van der Waals surface area contributed by atoms with E-state index in [0.717, 1.165) is 63.2 Å². The average molecular weight is 386 g/mol. The summed E-state index contributed by atoms with van der Waals surface area (Å²) in [7, 11) is 0. The number of nitrogens with zero attached hydrogens (tertiary/aromatic N) is 1. The molecule has 2 aliphatic rings. The molecule has 4 rings (SSSR count). The van der Waals surface area contributed by atoms with Gasteiger partial charge >= 0.3 is 0 Å². The highest BCUT2D eigenvalue weighted by Crippen LogP contribution is 2.41. The second kappa shape index (κ2) is 7.63. The van der Waals surface area contributed by atoms with Gasteiger partial charge in [-0.05, 0) is 68.7 Å². The van der Waals surface area contributed by atoms with Crippen LogP contribution >= 0.6 is 0 Å². The van der Waals surface area contributed by atoms with Crippen LogP contribution in [0.15, 0.2) is 57.9 Å². The fourth-order valence-electron chi connectivity index (χ4n) is 3.87. The van der Waals surface area contributed by atoms with E-state index in [1.165, 1.54) is 11.1 Å². The summed E-state index contributed by atoms with van der Waals surface area (Å²) >= 11 is 0. The molecule has 0 radical (unpaired) electrons. The number of hydrogen-bond donors (Lipinski definition) is 2. The Hall–Kier alpha value is -3.27. The second-order valence-electron chi connectivity index (χ2n) is 7.40. The quantitative estimate of drug-likeness (QED) is 0.347. The summed E-state index contributed by atoms with van der Waals surface area (Å²) in [5.41, 5.74) is 14.4. The molecule has 2 aromatic rings. The standard InChI is InChI=1S/C25H27N3O/c1-5-27-21-13-23-19(11-15(21)3)25(17-7-9-18(26)10-8-17)20-12-16(4)22(28-6-2)14-24(20)29-23/h7-14,27H,5-6,26H2,1-4H3. The SMILES string of the molecule is CCN=c1cc2oc3cc(NCC)c(C)cc3c(-c3ccc(N)cc3)c-2cc1C. The maximum atomic E-state index is 6.39. The van der Waals surface area contributed by atoms with Gasteiger partial charge in [0.1, 0.15) is 11.3 Å². The Morgan fingerprint density at radius 3 is 2.41 bits per heavy atom. The van der Waals surface area contributed by atoms with Crippen LogP contribution in [0.5, 0.6) is 0 Å². The number of nitrogens with one attached hydrogen (secondary N) is 1. The Morgan fingerprint density at radius 2 is 1.72 bits per heavy atom. The Balaban J connectivity index is 2.14. The van der Waals surface area contributed by atoms with Crippen molar-refractivity contribution >= 4 is 22.3 Å². The predicted octanol–water partition coefficient (Wildman–Crippen LogP) is 5.76. The van der Waals surface area contributed by atoms with Gasteiger partial charge in [-0.1, -0.05) is 12.1 Å². The molecule has 1 aliphatic carbocycles. The van der Waals surface area contributed by atoms with E-state index in [0.29, 0.717) is 0 Å². The first-order valence-corrected chi connectivity index (χ1v) is 10.1. The lowest BCUT2D eigenvalue weighted by atomic mass is 9.91. The first kappa shape index (κ1) is 19.1. The van der Waals surface area contributed by atoms with Crippen molar-refractivity contribution in [1.82, 2.24) is 0 Å². The van der Waals surface area contributed by atoms with Crippen molar-refractivity contribution in [2.75, 3.05) is 24.1 Å². The molecule has 0 amide bonds. The number of anilines is 2. The number of nitrogens with two attached hydrogens (primary N) is 1. The summed E-state index contributed by atoms with van der Waals surface area (Å²) < 4.78 is 6.39. The van der Waals surface area contributed by atoms with Crippen molar-refractivity contribution in [2.45, 2.75) is 27.7 Å². The maximum absolute atomic E-state index is 6.39. The minimum Gasteiger partial charge on any atom is -0.456 e. The van der Waals surface area contributed by atoms with E-state index in [1.54, 1.807) is 0 Å². The van der Waals surface area contributed by atoms with Gasteiger partial charge in [0.15, 0.2) is 0 Å². The third kappa shape index (κ3) is 3.46. The van der Waals surface area contributed by atoms with Crippen molar-refractivity contribution in [3.63, 3.8) is 0 Å². The predicted molar refractivity (Wildman–Crippen MR) is 122 cm³/mol. The lowest BCUT2D eigenvalue weighted by Gasteiger charge is -2.18. The van der Waals surface area contributed by atoms with Gasteiger partial charge in [0.05, 0.1) is 5.36 Å². The summed E-state index contributed by atoms with van der Waals surface area (Å²) in [5, 5.41) is 5.50. The summed E-state index contributed by atoms with van der Waals surface area (Å²) in [6, 6.07) is 16.6. The monoisotopic (exact) mass is 385 g/mol. The van der Waals surface area contributed by atoms with Crippen molar-refractivity contribution in [3.8, 4) is 22.5 Å². The van der Waals surface area contributed by atoms with Crippen molar-refractivity contribution in [3.05, 3.63) is 65.0 Å². The molecule has 3 N–H and O–H groups in total. The molecule has 0 saturated carbocycles. The van der Waals surface area contributed by atoms with E-state index in [2.05, 4.69) is 67.5 Å². The van der Waals surface area contributed by atoms with Gasteiger partial charge in [-0.25, -0.2) is 0 Å². The average Bonchev–Trinajstić information content (AvgIpc) is 2.69. The van der Waals surface area contributed by atoms with Crippen LogP contribution < -0.4 is 16.4 Å². The zero-order chi connectivity index (χ0) is 20.5. The highest BCUT2D eigenvalue weighted by molar-refractivity contribution is 6.03. The number of nitrogen functional groups attached to an aromatic ring is 1. The first-order valence-electron chi connectivity index (χ1n) is 10.1. The van der Waals surface area contributed by atoms with Crippen LogP contribution in [0.3, 0.4) is 0 Å². The molecule has 148 valence electrons. The Labute approximate surface area is 171 Å². The van der Waals surface area contributed by atoms with Gasteiger partial charge < -0.3 is 15.5 Å². The van der Waals surface area contributed by atoms with E-state index in [9.17, 15) is 0 Å². The maximum Gasteiger partial charge on any atom is 0.137 e. The Bertz CT molecular complexity index is 1220. The molecule has 4 nitrogen and oxygen atoms in total.